The molecular weight excluding hydrogens is 280 g/mol. The highest BCUT2D eigenvalue weighted by molar-refractivity contribution is 7.80. The van der Waals surface area contributed by atoms with Gasteiger partial charge in [0.05, 0.1) is 5.56 Å². The molecule has 2 N–H and O–H groups in total. The smallest absolute Gasteiger partial charge is 0.224 e. The SMILES string of the molecule is Cc1ccc(C(N)=S)c(OC2CC(C)CCC2C(C)C)n1. The van der Waals surface area contributed by atoms with Gasteiger partial charge in [-0.05, 0) is 49.7 Å². The third-order valence-corrected chi connectivity index (χ3v) is 4.71. The van der Waals surface area contributed by atoms with Gasteiger partial charge in [0, 0.05) is 5.69 Å². The molecule has 1 aromatic heterocycles. The predicted octanol–water partition coefficient (Wildman–Crippen LogP) is 3.86. The van der Waals surface area contributed by atoms with Crippen molar-refractivity contribution in [2.75, 3.05) is 0 Å². The van der Waals surface area contributed by atoms with Crippen molar-refractivity contribution in [2.24, 2.45) is 23.5 Å². The van der Waals surface area contributed by atoms with Crippen molar-refractivity contribution in [3.8, 4) is 5.88 Å². The second-order valence-corrected chi connectivity index (χ2v) is 7.09. The summed E-state index contributed by atoms with van der Waals surface area (Å²) in [5, 5.41) is 0. The maximum Gasteiger partial charge on any atom is 0.224 e. The molecule has 0 radical (unpaired) electrons. The largest absolute Gasteiger partial charge is 0.474 e. The summed E-state index contributed by atoms with van der Waals surface area (Å²) in [4.78, 5) is 4.87. The molecule has 2 rings (SSSR count). The van der Waals surface area contributed by atoms with E-state index < -0.39 is 0 Å². The van der Waals surface area contributed by atoms with Crippen LogP contribution in [0.1, 0.15) is 51.3 Å². The van der Waals surface area contributed by atoms with E-state index in [1.165, 1.54) is 12.8 Å². The van der Waals surface area contributed by atoms with E-state index in [0.29, 0.717) is 28.6 Å². The van der Waals surface area contributed by atoms with E-state index in [0.717, 1.165) is 17.7 Å². The Labute approximate surface area is 133 Å². The lowest BCUT2D eigenvalue weighted by molar-refractivity contribution is 0.0424. The Morgan fingerprint density at radius 1 is 1.38 bits per heavy atom. The summed E-state index contributed by atoms with van der Waals surface area (Å²) < 4.78 is 6.29. The number of rotatable bonds is 4. The molecule has 1 aromatic rings. The van der Waals surface area contributed by atoms with Crippen molar-refractivity contribution in [3.63, 3.8) is 0 Å². The second-order valence-electron chi connectivity index (χ2n) is 6.65. The molecule has 0 aromatic carbocycles. The molecule has 4 heteroatoms. The van der Waals surface area contributed by atoms with Crippen molar-refractivity contribution in [1.29, 1.82) is 0 Å². The quantitative estimate of drug-likeness (QED) is 0.858. The van der Waals surface area contributed by atoms with E-state index >= 15 is 0 Å². The minimum Gasteiger partial charge on any atom is -0.474 e. The van der Waals surface area contributed by atoms with Crippen LogP contribution in [-0.4, -0.2) is 16.1 Å². The summed E-state index contributed by atoms with van der Waals surface area (Å²) in [5.74, 6) is 2.48. The maximum atomic E-state index is 6.29. The van der Waals surface area contributed by atoms with Crippen LogP contribution >= 0.6 is 12.2 Å². The van der Waals surface area contributed by atoms with Crippen molar-refractivity contribution in [1.82, 2.24) is 4.98 Å². The Kier molecular flexibility index (Phi) is 5.20. The van der Waals surface area contributed by atoms with Crippen molar-refractivity contribution in [3.05, 3.63) is 23.4 Å². The van der Waals surface area contributed by atoms with Gasteiger partial charge in [-0.25, -0.2) is 4.98 Å². The fourth-order valence-electron chi connectivity index (χ4n) is 3.20. The minimum absolute atomic E-state index is 0.205. The normalized spacial score (nSPS) is 25.9. The molecule has 3 unspecified atom stereocenters. The van der Waals surface area contributed by atoms with Crippen molar-refractivity contribution < 1.29 is 4.74 Å². The van der Waals surface area contributed by atoms with Crippen molar-refractivity contribution in [2.45, 2.75) is 53.1 Å². The molecule has 0 spiro atoms. The van der Waals surface area contributed by atoms with E-state index in [1.807, 2.05) is 19.1 Å². The first kappa shape index (κ1) is 16.2. The molecule has 1 fully saturated rings. The van der Waals surface area contributed by atoms with E-state index in [9.17, 15) is 0 Å². The molecule has 3 atom stereocenters. The van der Waals surface area contributed by atoms with Crippen LogP contribution in [0.3, 0.4) is 0 Å². The maximum absolute atomic E-state index is 6.29. The molecule has 0 bridgehead atoms. The summed E-state index contributed by atoms with van der Waals surface area (Å²) in [6, 6.07) is 3.83. The predicted molar refractivity (Wildman–Crippen MR) is 90.6 cm³/mol. The molecule has 1 aliphatic carbocycles. The Balaban J connectivity index is 2.26. The molecule has 0 saturated heterocycles. The van der Waals surface area contributed by atoms with Gasteiger partial charge in [0.1, 0.15) is 11.1 Å². The molecule has 0 amide bonds. The first-order valence-electron chi connectivity index (χ1n) is 7.82. The van der Waals surface area contributed by atoms with E-state index in [-0.39, 0.29) is 6.10 Å². The Bertz CT molecular complexity index is 516. The third kappa shape index (κ3) is 3.94. The first-order valence-corrected chi connectivity index (χ1v) is 8.23. The minimum atomic E-state index is 0.205. The zero-order chi connectivity index (χ0) is 15.6. The zero-order valence-corrected chi connectivity index (χ0v) is 14.2. The molecular formula is C17H26N2OS. The van der Waals surface area contributed by atoms with E-state index in [4.69, 9.17) is 22.7 Å². The summed E-state index contributed by atoms with van der Waals surface area (Å²) in [6.45, 7) is 8.80. The van der Waals surface area contributed by atoms with Crippen LogP contribution in [-0.2, 0) is 0 Å². The zero-order valence-electron chi connectivity index (χ0n) is 13.4. The number of pyridine rings is 1. The molecule has 1 saturated carbocycles. The second kappa shape index (κ2) is 6.73. The summed E-state index contributed by atoms with van der Waals surface area (Å²) >= 11 is 5.12. The number of aryl methyl sites for hydroxylation is 1. The van der Waals surface area contributed by atoms with Crippen molar-refractivity contribution >= 4 is 17.2 Å². The fraction of sp³-hybridized carbons (Fsp3) is 0.647. The average Bonchev–Trinajstić information content (AvgIpc) is 2.38. The molecule has 1 heterocycles. The van der Waals surface area contributed by atoms with E-state index in [2.05, 4.69) is 25.8 Å². The van der Waals surface area contributed by atoms with Gasteiger partial charge in [-0.15, -0.1) is 0 Å². The van der Waals surface area contributed by atoms with Gasteiger partial charge < -0.3 is 10.5 Å². The molecule has 116 valence electrons. The lowest BCUT2D eigenvalue weighted by Crippen LogP contribution is -2.37. The van der Waals surface area contributed by atoms with Crippen LogP contribution in [0, 0.1) is 24.7 Å². The van der Waals surface area contributed by atoms with Gasteiger partial charge in [0.25, 0.3) is 0 Å². The molecule has 1 aliphatic rings. The van der Waals surface area contributed by atoms with Crippen LogP contribution in [0.2, 0.25) is 0 Å². The van der Waals surface area contributed by atoms with Gasteiger partial charge >= 0.3 is 0 Å². The number of thiocarbonyl (C=S) groups is 1. The molecule has 0 aliphatic heterocycles. The lowest BCUT2D eigenvalue weighted by atomic mass is 9.75. The third-order valence-electron chi connectivity index (χ3n) is 4.49. The Hall–Kier alpha value is -1.16. The van der Waals surface area contributed by atoms with Crippen LogP contribution < -0.4 is 10.5 Å². The monoisotopic (exact) mass is 306 g/mol. The molecule has 21 heavy (non-hydrogen) atoms. The highest BCUT2D eigenvalue weighted by atomic mass is 32.1. The number of hydrogen-bond acceptors (Lipinski definition) is 3. The van der Waals surface area contributed by atoms with Gasteiger partial charge in [0.15, 0.2) is 0 Å². The Morgan fingerprint density at radius 3 is 2.71 bits per heavy atom. The highest BCUT2D eigenvalue weighted by Gasteiger charge is 2.33. The van der Waals surface area contributed by atoms with Gasteiger partial charge in [-0.1, -0.05) is 39.4 Å². The van der Waals surface area contributed by atoms with Crippen LogP contribution in [0.5, 0.6) is 5.88 Å². The summed E-state index contributed by atoms with van der Waals surface area (Å²) in [7, 11) is 0. The topological polar surface area (TPSA) is 48.1 Å². The Morgan fingerprint density at radius 2 is 2.10 bits per heavy atom. The van der Waals surface area contributed by atoms with E-state index in [1.54, 1.807) is 0 Å². The van der Waals surface area contributed by atoms with Gasteiger partial charge in [0.2, 0.25) is 5.88 Å². The highest BCUT2D eigenvalue weighted by Crippen LogP contribution is 2.36. The first-order chi connectivity index (χ1) is 9.88. The number of nitrogens with two attached hydrogens (primary N) is 1. The summed E-state index contributed by atoms with van der Waals surface area (Å²) in [5.41, 5.74) is 7.48. The average molecular weight is 306 g/mol. The van der Waals surface area contributed by atoms with Crippen LogP contribution in [0.4, 0.5) is 0 Å². The number of aromatic nitrogens is 1. The van der Waals surface area contributed by atoms with Gasteiger partial charge in [-0.3, -0.25) is 0 Å². The van der Waals surface area contributed by atoms with Crippen LogP contribution in [0.15, 0.2) is 12.1 Å². The number of ether oxygens (including phenoxy) is 1. The van der Waals surface area contributed by atoms with Gasteiger partial charge in [-0.2, -0.15) is 0 Å². The van der Waals surface area contributed by atoms with Crippen LogP contribution in [0.25, 0.3) is 0 Å². The standard InChI is InChI=1S/C17H26N2OS/c1-10(2)13-7-5-11(3)9-15(13)20-17-14(16(18)21)8-6-12(4)19-17/h6,8,10-11,13,15H,5,7,9H2,1-4H3,(H2,18,21). The lowest BCUT2D eigenvalue weighted by Gasteiger charge is -2.37. The number of hydrogen-bond donors (Lipinski definition) is 1. The summed E-state index contributed by atoms with van der Waals surface area (Å²) in [6.07, 6.45) is 3.79. The molecule has 3 nitrogen and oxygen atoms in total. The number of nitrogens with zero attached hydrogens (tertiary/aromatic N) is 1. The fourth-order valence-corrected chi connectivity index (χ4v) is 3.36.